The Balaban J connectivity index is 1.88. The van der Waals surface area contributed by atoms with E-state index < -0.39 is 95.9 Å². The number of esters is 2. The lowest BCUT2D eigenvalue weighted by Crippen LogP contribution is -2.36. The Kier molecular flexibility index (Phi) is 31.2. The van der Waals surface area contributed by atoms with E-state index in [0.29, 0.717) is 18.8 Å². The molecule has 394 valence electrons. The van der Waals surface area contributed by atoms with Gasteiger partial charge in [0, 0.05) is 19.0 Å². The van der Waals surface area contributed by atoms with Crippen LogP contribution in [0.3, 0.4) is 0 Å². The number of carbonyl (C=O) groups is 2. The van der Waals surface area contributed by atoms with E-state index >= 15 is 0 Å². The first-order valence-corrected chi connectivity index (χ1v) is 27.2. The van der Waals surface area contributed by atoms with Crippen LogP contribution in [-0.2, 0) is 46.3 Å². The second-order valence-corrected chi connectivity index (χ2v) is 20.4. The lowest BCUT2D eigenvalue weighted by Gasteiger charge is -2.21. The molecular weight excluding hydrogens is 940 g/mol. The average molecular weight is 1020 g/mol. The second-order valence-electron chi connectivity index (χ2n) is 17.4. The van der Waals surface area contributed by atoms with Gasteiger partial charge in [-0.2, -0.15) is 9.29 Å². The first kappa shape index (κ1) is 61.8. The Hall–Kier alpha value is -3.36. The number of anilines is 1. The second kappa shape index (κ2) is 34.9. The molecule has 1 fully saturated rings. The number of phosphoric acid groups is 2. The number of allylic oxidation sites excluding steroid dienone is 7. The van der Waals surface area contributed by atoms with Crippen LogP contribution in [0, 0.1) is 5.92 Å². The summed E-state index contributed by atoms with van der Waals surface area (Å²) < 4.78 is 56.4. The number of hydrogen-bond donors (Lipinski definition) is 7. The van der Waals surface area contributed by atoms with Gasteiger partial charge in [-0.25, -0.2) is 13.9 Å². The van der Waals surface area contributed by atoms with E-state index in [-0.39, 0.29) is 37.9 Å². The van der Waals surface area contributed by atoms with Crippen molar-refractivity contribution in [2.45, 2.75) is 186 Å². The van der Waals surface area contributed by atoms with E-state index in [0.717, 1.165) is 62.1 Å². The van der Waals surface area contributed by atoms with Crippen LogP contribution in [0.15, 0.2) is 65.7 Å². The summed E-state index contributed by atoms with van der Waals surface area (Å²) in [5, 5.41) is 41.7. The maximum absolute atomic E-state index is 12.8. The van der Waals surface area contributed by atoms with E-state index in [2.05, 4.69) is 54.4 Å². The third-order valence-electron chi connectivity index (χ3n) is 10.8. The van der Waals surface area contributed by atoms with Crippen LogP contribution in [0.1, 0.15) is 149 Å². The van der Waals surface area contributed by atoms with Gasteiger partial charge in [-0.05, 0) is 63.4 Å². The number of unbranched alkanes of at least 4 members (excludes halogenated alkanes) is 8. The van der Waals surface area contributed by atoms with Gasteiger partial charge in [0.25, 0.3) is 0 Å². The highest BCUT2D eigenvalue weighted by atomic mass is 31.3. The van der Waals surface area contributed by atoms with Crippen molar-refractivity contribution in [2.75, 3.05) is 25.6 Å². The first-order chi connectivity index (χ1) is 32.8. The standard InChI is InChI=1S/C47H79N3O17P2/c1-4-5-6-7-8-9-10-11-14-17-20-23-27-38(51)39(52)28-25-30-42(53)62-33-37(65-43(54)29-24-21-18-15-12-13-16-19-22-26-36(2)3)34-63-68(58,59)67-69(60,61)64-35-40-44(55)45(56)46(66-40)50-32-31-41(48)49-47(50)57/h5-6,8-9,11,14,20,23,31-32,36-40,44-46,51-52,55-56H,4,7,10,12-13,15-19,21-22,24-30,33-35H2,1-3H3,(H,58,59)(H,60,61)(H2,48,49,57)/b6-5-,9-8-,14-11-,23-20-/t37-,38+,39+,40-,44-,45-,46-/m1/s1. The summed E-state index contributed by atoms with van der Waals surface area (Å²) in [6, 6.07) is 1.23. The molecule has 1 aliphatic heterocycles. The molecule has 0 amide bonds. The highest BCUT2D eigenvalue weighted by Crippen LogP contribution is 2.60. The smallest absolute Gasteiger partial charge is 0.462 e. The SMILES string of the molecule is CC/C=C\C/C=C\C/C=C\C/C=C\C[C@H](O)[C@@H](O)CCCC(=O)OC[C@H](COP(=O)(O)OP(=O)(O)OC[C@H]1O[C@@H](n2ccc(N)nc2=O)[C@H](O)[C@@H]1O)OC(=O)CCCCCCCCCCCC(C)C. The van der Waals surface area contributed by atoms with Gasteiger partial charge in [0.1, 0.15) is 30.7 Å². The maximum Gasteiger partial charge on any atom is 0.481 e. The largest absolute Gasteiger partial charge is 0.481 e. The fraction of sp³-hybridized carbons (Fsp3) is 0.702. The summed E-state index contributed by atoms with van der Waals surface area (Å²) in [6.45, 7) is 3.98. The van der Waals surface area contributed by atoms with Crippen LogP contribution in [-0.4, -0.2) is 108 Å². The molecule has 1 aromatic heterocycles. The summed E-state index contributed by atoms with van der Waals surface area (Å²) in [7, 11) is -11.0. The van der Waals surface area contributed by atoms with Crippen LogP contribution >= 0.6 is 15.6 Å². The molecule has 2 unspecified atom stereocenters. The number of phosphoric ester groups is 2. The van der Waals surface area contributed by atoms with Crippen LogP contribution in [0.25, 0.3) is 0 Å². The quantitative estimate of drug-likeness (QED) is 0.0149. The minimum absolute atomic E-state index is 0.0120. The fourth-order valence-electron chi connectivity index (χ4n) is 6.94. The molecule has 2 heterocycles. The summed E-state index contributed by atoms with van der Waals surface area (Å²) >= 11 is 0. The summed E-state index contributed by atoms with van der Waals surface area (Å²) in [6.07, 6.45) is 21.1. The van der Waals surface area contributed by atoms with Gasteiger partial charge in [-0.3, -0.25) is 23.2 Å². The van der Waals surface area contributed by atoms with Crippen LogP contribution in [0.4, 0.5) is 5.82 Å². The average Bonchev–Trinajstić information content (AvgIpc) is 3.56. The van der Waals surface area contributed by atoms with Gasteiger partial charge < -0.3 is 50.2 Å². The third-order valence-corrected chi connectivity index (χ3v) is 13.4. The minimum Gasteiger partial charge on any atom is -0.462 e. The molecule has 0 radical (unpaired) electrons. The van der Waals surface area contributed by atoms with Gasteiger partial charge in [-0.15, -0.1) is 0 Å². The zero-order valence-electron chi connectivity index (χ0n) is 40.5. The third kappa shape index (κ3) is 28.3. The van der Waals surface area contributed by atoms with Gasteiger partial charge in [0.05, 0.1) is 25.4 Å². The molecule has 20 nitrogen and oxygen atoms in total. The van der Waals surface area contributed by atoms with Gasteiger partial charge >= 0.3 is 33.3 Å². The van der Waals surface area contributed by atoms with Crippen molar-refractivity contribution in [1.29, 1.82) is 0 Å². The predicted octanol–water partition coefficient (Wildman–Crippen LogP) is 7.18. The lowest BCUT2D eigenvalue weighted by atomic mass is 10.0. The lowest BCUT2D eigenvalue weighted by molar-refractivity contribution is -0.161. The molecule has 2 rings (SSSR count). The predicted molar refractivity (Wildman–Crippen MR) is 259 cm³/mol. The maximum atomic E-state index is 12.8. The Bertz CT molecular complexity index is 1890. The Morgan fingerprint density at radius 1 is 0.768 bits per heavy atom. The molecule has 0 spiro atoms. The Morgan fingerprint density at radius 2 is 1.33 bits per heavy atom. The number of ether oxygens (including phenoxy) is 3. The molecule has 22 heteroatoms. The number of hydrogen-bond acceptors (Lipinski definition) is 17. The van der Waals surface area contributed by atoms with E-state index in [1.54, 1.807) is 6.08 Å². The molecule has 0 saturated carbocycles. The number of rotatable bonds is 38. The number of aliphatic hydroxyl groups excluding tert-OH is 4. The van der Waals surface area contributed by atoms with Crippen molar-refractivity contribution >= 4 is 33.4 Å². The van der Waals surface area contributed by atoms with Gasteiger partial charge in [0.2, 0.25) is 0 Å². The number of carbonyl (C=O) groups excluding carboxylic acids is 2. The van der Waals surface area contributed by atoms with Crippen molar-refractivity contribution in [2.24, 2.45) is 5.92 Å². The summed E-state index contributed by atoms with van der Waals surface area (Å²) in [5.74, 6) is -0.891. The van der Waals surface area contributed by atoms with Crippen LogP contribution < -0.4 is 11.4 Å². The van der Waals surface area contributed by atoms with Crippen LogP contribution in [0.5, 0.6) is 0 Å². The number of aliphatic hydroxyl groups is 4. The van der Waals surface area contributed by atoms with E-state index in [1.807, 2.05) is 18.2 Å². The minimum atomic E-state index is -5.48. The van der Waals surface area contributed by atoms with Crippen molar-refractivity contribution < 1.29 is 76.5 Å². The monoisotopic (exact) mass is 1020 g/mol. The van der Waals surface area contributed by atoms with Gasteiger partial charge in [0.15, 0.2) is 12.3 Å². The van der Waals surface area contributed by atoms with Crippen LogP contribution in [0.2, 0.25) is 0 Å². The number of nitrogen functional groups attached to an aromatic ring is 1. The zero-order chi connectivity index (χ0) is 51.1. The number of aromatic nitrogens is 2. The van der Waals surface area contributed by atoms with Crippen molar-refractivity contribution in [3.05, 3.63) is 71.4 Å². The van der Waals surface area contributed by atoms with E-state index in [4.69, 9.17) is 29.0 Å². The molecule has 1 aliphatic rings. The van der Waals surface area contributed by atoms with E-state index in [1.165, 1.54) is 31.7 Å². The summed E-state index contributed by atoms with van der Waals surface area (Å²) in [5.41, 5.74) is 4.56. The molecule has 1 aromatic rings. The molecular formula is C47H79N3O17P2. The normalized spacial score (nSPS) is 20.8. The zero-order valence-corrected chi connectivity index (χ0v) is 42.3. The fourth-order valence-corrected chi connectivity index (χ4v) is 9.05. The summed E-state index contributed by atoms with van der Waals surface area (Å²) in [4.78, 5) is 61.8. The van der Waals surface area contributed by atoms with Gasteiger partial charge in [-0.1, -0.05) is 127 Å². The number of nitrogens with zero attached hydrogens (tertiary/aromatic N) is 2. The molecule has 8 N–H and O–H groups in total. The highest BCUT2D eigenvalue weighted by molar-refractivity contribution is 7.61. The van der Waals surface area contributed by atoms with Crippen molar-refractivity contribution in [3.8, 4) is 0 Å². The molecule has 0 aromatic carbocycles. The Morgan fingerprint density at radius 3 is 1.94 bits per heavy atom. The Labute approximate surface area is 406 Å². The molecule has 69 heavy (non-hydrogen) atoms. The molecule has 0 bridgehead atoms. The van der Waals surface area contributed by atoms with Crippen molar-refractivity contribution in [3.63, 3.8) is 0 Å². The topological polar surface area (TPSA) is 306 Å². The molecule has 1 saturated heterocycles. The molecule has 9 atom stereocenters. The van der Waals surface area contributed by atoms with Crippen molar-refractivity contribution in [1.82, 2.24) is 9.55 Å². The highest BCUT2D eigenvalue weighted by Gasteiger charge is 2.46. The first-order valence-electron chi connectivity index (χ1n) is 24.2. The molecule has 0 aliphatic carbocycles. The van der Waals surface area contributed by atoms with E-state index in [9.17, 15) is 53.7 Å². The number of nitrogens with two attached hydrogens (primary N) is 1.